The van der Waals surface area contributed by atoms with Crippen LogP contribution in [0.25, 0.3) is 0 Å². The first-order valence-electron chi connectivity index (χ1n) is 34.3. The van der Waals surface area contributed by atoms with Crippen molar-refractivity contribution in [3.05, 3.63) is 60.8 Å². The van der Waals surface area contributed by atoms with E-state index >= 15 is 0 Å². The van der Waals surface area contributed by atoms with Gasteiger partial charge >= 0.3 is 17.9 Å². The summed E-state index contributed by atoms with van der Waals surface area (Å²) in [6.45, 7) is 6.63. The van der Waals surface area contributed by atoms with Crippen LogP contribution < -0.4 is 0 Å². The molecule has 0 rings (SSSR count). The number of ether oxygens (including phenoxy) is 3. The highest BCUT2D eigenvalue weighted by atomic mass is 16.6. The van der Waals surface area contributed by atoms with Crippen molar-refractivity contribution < 1.29 is 28.6 Å². The lowest BCUT2D eigenvalue weighted by Gasteiger charge is -2.18. The lowest BCUT2D eigenvalue weighted by molar-refractivity contribution is -0.167. The van der Waals surface area contributed by atoms with E-state index in [0.29, 0.717) is 19.3 Å². The molecule has 6 nitrogen and oxygen atoms in total. The second kappa shape index (κ2) is 66.6. The fourth-order valence-electron chi connectivity index (χ4n) is 10.1. The van der Waals surface area contributed by atoms with Crippen LogP contribution in [0.15, 0.2) is 60.8 Å². The third-order valence-electron chi connectivity index (χ3n) is 15.2. The van der Waals surface area contributed by atoms with E-state index in [0.717, 1.165) is 96.3 Å². The Kier molecular flexibility index (Phi) is 64.2. The Hall–Kier alpha value is -2.89. The van der Waals surface area contributed by atoms with Crippen molar-refractivity contribution in [3.63, 3.8) is 0 Å². The predicted octanol–water partition coefficient (Wildman–Crippen LogP) is 23.5. The van der Waals surface area contributed by atoms with Gasteiger partial charge in [-0.15, -0.1) is 0 Å². The standard InChI is InChI=1S/C72H130O6/c1-4-7-10-13-16-19-22-25-28-30-32-34-36-38-40-42-44-47-50-53-56-59-62-65-71(74)77-68-69(67-76-70(73)64-61-58-55-52-49-46-27-24-21-18-15-12-9-6-3)78-72(75)66-63-60-57-54-51-48-45-43-41-39-37-35-33-31-29-26-23-20-17-14-11-8-5-2/h15,18,22,24-25,27,30,32,36,38,69H,4-14,16-17,19-21,23,26,28-29,31,33-35,37,39-68H2,1-3H3/b18-15-,25-22-,27-24-,32-30-,38-36-. The molecular weight excluding hydrogens is 961 g/mol. The Morgan fingerprint density at radius 1 is 0.256 bits per heavy atom. The van der Waals surface area contributed by atoms with Crippen LogP contribution in [-0.4, -0.2) is 37.2 Å². The summed E-state index contributed by atoms with van der Waals surface area (Å²) in [5.74, 6) is -0.878. The van der Waals surface area contributed by atoms with Crippen molar-refractivity contribution in [1.82, 2.24) is 0 Å². The zero-order valence-corrected chi connectivity index (χ0v) is 52.2. The molecule has 0 radical (unpaired) electrons. The molecule has 0 heterocycles. The molecule has 454 valence electrons. The third kappa shape index (κ3) is 63.9. The Morgan fingerprint density at radius 3 is 0.756 bits per heavy atom. The maximum atomic E-state index is 12.9. The second-order valence-electron chi connectivity index (χ2n) is 23.1. The van der Waals surface area contributed by atoms with Crippen LogP contribution >= 0.6 is 0 Å². The summed E-state index contributed by atoms with van der Waals surface area (Å²) in [5.41, 5.74) is 0. The van der Waals surface area contributed by atoms with Crippen LogP contribution in [-0.2, 0) is 28.6 Å². The van der Waals surface area contributed by atoms with Gasteiger partial charge in [-0.2, -0.15) is 0 Å². The van der Waals surface area contributed by atoms with Gasteiger partial charge < -0.3 is 14.2 Å². The minimum Gasteiger partial charge on any atom is -0.462 e. The first kappa shape index (κ1) is 75.1. The van der Waals surface area contributed by atoms with Crippen molar-refractivity contribution in [2.75, 3.05) is 13.2 Å². The normalized spacial score (nSPS) is 12.4. The zero-order valence-electron chi connectivity index (χ0n) is 52.2. The zero-order chi connectivity index (χ0) is 56.4. The minimum atomic E-state index is -0.783. The summed E-state index contributed by atoms with van der Waals surface area (Å²) < 4.78 is 17.0. The number of hydrogen-bond donors (Lipinski definition) is 0. The third-order valence-corrected chi connectivity index (χ3v) is 15.2. The van der Waals surface area contributed by atoms with E-state index in [4.69, 9.17) is 14.2 Å². The molecule has 0 aliphatic carbocycles. The van der Waals surface area contributed by atoms with Crippen molar-refractivity contribution in [1.29, 1.82) is 0 Å². The molecular formula is C72H130O6. The fraction of sp³-hybridized carbons (Fsp3) is 0.819. The molecule has 0 aromatic rings. The highest BCUT2D eigenvalue weighted by molar-refractivity contribution is 5.71. The minimum absolute atomic E-state index is 0.0797. The van der Waals surface area contributed by atoms with Gasteiger partial charge in [0.2, 0.25) is 0 Å². The van der Waals surface area contributed by atoms with Gasteiger partial charge in [-0.25, -0.2) is 0 Å². The molecule has 0 saturated carbocycles. The smallest absolute Gasteiger partial charge is 0.306 e. The molecule has 0 aromatic carbocycles. The average molecular weight is 1090 g/mol. The van der Waals surface area contributed by atoms with Gasteiger partial charge in [0.05, 0.1) is 0 Å². The molecule has 0 fully saturated rings. The van der Waals surface area contributed by atoms with Crippen molar-refractivity contribution in [2.24, 2.45) is 0 Å². The largest absolute Gasteiger partial charge is 0.462 e. The lowest BCUT2D eigenvalue weighted by atomic mass is 10.0. The first-order chi connectivity index (χ1) is 38.5. The second-order valence-corrected chi connectivity index (χ2v) is 23.1. The molecule has 0 aliphatic heterocycles. The average Bonchev–Trinajstić information content (AvgIpc) is 3.44. The lowest BCUT2D eigenvalue weighted by Crippen LogP contribution is -2.30. The van der Waals surface area contributed by atoms with Gasteiger partial charge in [0.1, 0.15) is 13.2 Å². The molecule has 0 aliphatic rings. The van der Waals surface area contributed by atoms with Crippen molar-refractivity contribution in [2.45, 2.75) is 367 Å². The van der Waals surface area contributed by atoms with Crippen LogP contribution in [0.2, 0.25) is 0 Å². The highest BCUT2D eigenvalue weighted by Crippen LogP contribution is 2.18. The molecule has 6 heteroatoms. The van der Waals surface area contributed by atoms with E-state index in [9.17, 15) is 14.4 Å². The number of unbranched alkanes of at least 4 members (excludes halogenated alkanes) is 42. The monoisotopic (exact) mass is 1090 g/mol. The molecule has 0 bridgehead atoms. The maximum absolute atomic E-state index is 12.9. The molecule has 1 atom stereocenters. The molecule has 1 unspecified atom stereocenters. The molecule has 0 amide bonds. The van der Waals surface area contributed by atoms with E-state index in [1.54, 1.807) is 0 Å². The van der Waals surface area contributed by atoms with E-state index in [2.05, 4.69) is 81.5 Å². The van der Waals surface area contributed by atoms with Crippen molar-refractivity contribution >= 4 is 17.9 Å². The van der Waals surface area contributed by atoms with Crippen LogP contribution in [0.1, 0.15) is 361 Å². The summed E-state index contributed by atoms with van der Waals surface area (Å²) >= 11 is 0. The van der Waals surface area contributed by atoms with Crippen LogP contribution in [0.4, 0.5) is 0 Å². The molecule has 0 saturated heterocycles. The highest BCUT2D eigenvalue weighted by Gasteiger charge is 2.19. The quantitative estimate of drug-likeness (QED) is 0.0261. The maximum Gasteiger partial charge on any atom is 0.306 e. The molecule has 0 aromatic heterocycles. The van der Waals surface area contributed by atoms with Gasteiger partial charge in [-0.1, -0.05) is 319 Å². The summed E-state index contributed by atoms with van der Waals surface area (Å²) in [4.78, 5) is 38.4. The Balaban J connectivity index is 4.31. The van der Waals surface area contributed by atoms with Gasteiger partial charge in [0.15, 0.2) is 6.10 Å². The number of carbonyl (C=O) groups excluding carboxylic acids is 3. The topological polar surface area (TPSA) is 78.9 Å². The van der Waals surface area contributed by atoms with Crippen LogP contribution in [0, 0.1) is 0 Å². The van der Waals surface area contributed by atoms with Gasteiger partial charge in [0, 0.05) is 19.3 Å². The Bertz CT molecular complexity index is 1390. The molecule has 78 heavy (non-hydrogen) atoms. The number of rotatable bonds is 63. The Morgan fingerprint density at radius 2 is 0.474 bits per heavy atom. The Labute approximate surface area is 485 Å². The van der Waals surface area contributed by atoms with Crippen molar-refractivity contribution in [3.8, 4) is 0 Å². The number of allylic oxidation sites excluding steroid dienone is 10. The predicted molar refractivity (Wildman–Crippen MR) is 339 cm³/mol. The van der Waals surface area contributed by atoms with Crippen LogP contribution in [0.5, 0.6) is 0 Å². The summed E-state index contributed by atoms with van der Waals surface area (Å²) in [5, 5.41) is 0. The summed E-state index contributed by atoms with van der Waals surface area (Å²) in [7, 11) is 0. The number of esters is 3. The number of carbonyl (C=O) groups is 3. The van der Waals surface area contributed by atoms with Gasteiger partial charge in [-0.05, 0) is 83.5 Å². The fourth-order valence-corrected chi connectivity index (χ4v) is 10.1. The summed E-state index contributed by atoms with van der Waals surface area (Å²) in [6, 6.07) is 0. The van der Waals surface area contributed by atoms with Gasteiger partial charge in [0.25, 0.3) is 0 Å². The van der Waals surface area contributed by atoms with E-state index in [-0.39, 0.29) is 31.1 Å². The van der Waals surface area contributed by atoms with E-state index in [1.807, 2.05) is 0 Å². The van der Waals surface area contributed by atoms with Gasteiger partial charge in [-0.3, -0.25) is 14.4 Å². The number of hydrogen-bond acceptors (Lipinski definition) is 6. The first-order valence-corrected chi connectivity index (χ1v) is 34.3. The molecule has 0 N–H and O–H groups in total. The van der Waals surface area contributed by atoms with E-state index in [1.165, 1.54) is 225 Å². The SMILES string of the molecule is CCCC/C=C\C/C=C\CCCCCCCC(=O)OCC(COC(=O)CCCCCCCCCC/C=C\C/C=C\C/C=C\CCCCCCC)OC(=O)CCCCCCCCCCCCCCCCCCCCCCCCC. The van der Waals surface area contributed by atoms with Crippen LogP contribution in [0.3, 0.4) is 0 Å². The summed E-state index contributed by atoms with van der Waals surface area (Å²) in [6.07, 6.45) is 85.2. The van der Waals surface area contributed by atoms with E-state index < -0.39 is 6.10 Å². The molecule has 0 spiro atoms.